The Kier molecular flexibility index (Phi) is 6.78. The number of carbonyl (C=O) groups excluding carboxylic acids is 1. The minimum Gasteiger partial charge on any atom is -0.467 e. The Labute approximate surface area is 159 Å². The number of hydrogen-bond acceptors (Lipinski definition) is 7. The van der Waals surface area contributed by atoms with Crippen LogP contribution in [0.2, 0.25) is 0 Å². The maximum atomic E-state index is 12.0. The predicted octanol–water partition coefficient (Wildman–Crippen LogP) is 2.10. The molecule has 1 aromatic heterocycles. The van der Waals surface area contributed by atoms with Gasteiger partial charge >= 0.3 is 6.01 Å². The lowest BCUT2D eigenvalue weighted by Gasteiger charge is -2.20. The third-order valence-corrected chi connectivity index (χ3v) is 4.40. The summed E-state index contributed by atoms with van der Waals surface area (Å²) in [6.07, 6.45) is 4.76. The zero-order valence-electron chi connectivity index (χ0n) is 15.6. The van der Waals surface area contributed by atoms with Crippen molar-refractivity contribution in [2.45, 2.75) is 25.7 Å². The number of amides is 1. The number of nitrogens with one attached hydrogen (secondary N) is 2. The highest BCUT2D eigenvalue weighted by Gasteiger charge is 2.15. The Morgan fingerprint density at radius 2 is 1.78 bits per heavy atom. The third-order valence-electron chi connectivity index (χ3n) is 4.40. The molecule has 8 heteroatoms. The molecule has 0 aliphatic carbocycles. The normalized spacial score (nSPS) is 14.3. The van der Waals surface area contributed by atoms with E-state index in [1.54, 1.807) is 19.2 Å². The van der Waals surface area contributed by atoms with Gasteiger partial charge in [-0.3, -0.25) is 4.79 Å². The van der Waals surface area contributed by atoms with Crippen molar-refractivity contribution in [3.8, 4) is 6.01 Å². The zero-order valence-corrected chi connectivity index (χ0v) is 15.6. The van der Waals surface area contributed by atoms with E-state index in [2.05, 4.69) is 30.5 Å². The van der Waals surface area contributed by atoms with Crippen LogP contribution in [0.15, 0.2) is 30.3 Å². The molecule has 144 valence electrons. The van der Waals surface area contributed by atoms with Gasteiger partial charge in [0.2, 0.25) is 11.9 Å². The van der Waals surface area contributed by atoms with Crippen molar-refractivity contribution in [2.24, 2.45) is 0 Å². The highest BCUT2D eigenvalue weighted by atomic mass is 16.5. The van der Waals surface area contributed by atoms with Gasteiger partial charge in [0.1, 0.15) is 0 Å². The molecule has 2 heterocycles. The van der Waals surface area contributed by atoms with Gasteiger partial charge in [-0.2, -0.15) is 15.0 Å². The smallest absolute Gasteiger partial charge is 0.322 e. The summed E-state index contributed by atoms with van der Waals surface area (Å²) in [6.45, 7) is 2.85. The van der Waals surface area contributed by atoms with Crippen LogP contribution in [0.4, 0.5) is 11.9 Å². The lowest BCUT2D eigenvalue weighted by atomic mass is 10.2. The van der Waals surface area contributed by atoms with Crippen LogP contribution in [0.3, 0.4) is 0 Å². The molecule has 1 aliphatic heterocycles. The summed E-state index contributed by atoms with van der Waals surface area (Å²) < 4.78 is 5.22. The molecular weight excluding hydrogens is 344 g/mol. The highest BCUT2D eigenvalue weighted by molar-refractivity contribution is 5.94. The molecular formula is C19H26N6O2. The minimum absolute atomic E-state index is 0.101. The first-order chi connectivity index (χ1) is 13.3. The second-order valence-electron chi connectivity index (χ2n) is 6.40. The number of ether oxygens (including phenoxy) is 1. The molecule has 3 rings (SSSR count). The van der Waals surface area contributed by atoms with Gasteiger partial charge in [0, 0.05) is 31.7 Å². The van der Waals surface area contributed by atoms with Gasteiger partial charge in [0.15, 0.2) is 0 Å². The van der Waals surface area contributed by atoms with Crippen LogP contribution in [0.1, 0.15) is 36.0 Å². The minimum atomic E-state index is -0.101. The summed E-state index contributed by atoms with van der Waals surface area (Å²) in [6, 6.07) is 9.43. The number of hydrogen-bond donors (Lipinski definition) is 2. The molecule has 1 aliphatic rings. The molecule has 0 spiro atoms. The van der Waals surface area contributed by atoms with E-state index in [1.165, 1.54) is 12.8 Å². The Balaban J connectivity index is 1.56. The second-order valence-corrected chi connectivity index (χ2v) is 6.40. The Morgan fingerprint density at radius 3 is 2.48 bits per heavy atom. The standard InChI is InChI=1S/C19H26N6O2/c1-27-19-23-17(22-18(24-19)25-13-7-2-3-8-14-25)21-12-11-20-16(26)15-9-5-4-6-10-15/h4-6,9-10H,2-3,7-8,11-14H2,1H3,(H,20,26)(H,21,22,23,24). The zero-order chi connectivity index (χ0) is 18.9. The topological polar surface area (TPSA) is 92.3 Å². The van der Waals surface area contributed by atoms with Gasteiger partial charge in [-0.15, -0.1) is 0 Å². The fourth-order valence-electron chi connectivity index (χ4n) is 2.97. The SMILES string of the molecule is COc1nc(NCCNC(=O)c2ccccc2)nc(N2CCCCCC2)n1. The lowest BCUT2D eigenvalue weighted by molar-refractivity contribution is 0.0955. The van der Waals surface area contributed by atoms with Gasteiger partial charge in [-0.05, 0) is 25.0 Å². The predicted molar refractivity (Wildman–Crippen MR) is 104 cm³/mol. The van der Waals surface area contributed by atoms with E-state index < -0.39 is 0 Å². The summed E-state index contributed by atoms with van der Waals surface area (Å²) in [5.41, 5.74) is 0.641. The van der Waals surface area contributed by atoms with E-state index in [9.17, 15) is 4.79 Å². The lowest BCUT2D eigenvalue weighted by Crippen LogP contribution is -2.29. The Hall–Kier alpha value is -2.90. The van der Waals surface area contributed by atoms with Crippen molar-refractivity contribution in [3.63, 3.8) is 0 Å². The van der Waals surface area contributed by atoms with Crippen LogP contribution in [0.5, 0.6) is 6.01 Å². The fourth-order valence-corrected chi connectivity index (χ4v) is 2.97. The number of anilines is 2. The van der Waals surface area contributed by atoms with Crippen LogP contribution in [0.25, 0.3) is 0 Å². The molecule has 0 atom stereocenters. The van der Waals surface area contributed by atoms with Crippen molar-refractivity contribution < 1.29 is 9.53 Å². The van der Waals surface area contributed by atoms with Gasteiger partial charge in [-0.25, -0.2) is 0 Å². The highest BCUT2D eigenvalue weighted by Crippen LogP contribution is 2.18. The summed E-state index contributed by atoms with van der Waals surface area (Å²) in [5, 5.41) is 6.01. The third kappa shape index (κ3) is 5.54. The number of nitrogens with zero attached hydrogens (tertiary/aromatic N) is 4. The molecule has 0 radical (unpaired) electrons. The van der Waals surface area contributed by atoms with Crippen molar-refractivity contribution in [1.29, 1.82) is 0 Å². The molecule has 1 amide bonds. The number of methoxy groups -OCH3 is 1. The maximum Gasteiger partial charge on any atom is 0.322 e. The molecule has 8 nitrogen and oxygen atoms in total. The summed E-state index contributed by atoms with van der Waals surface area (Å²) in [4.78, 5) is 27.4. The van der Waals surface area contributed by atoms with Gasteiger partial charge in [-0.1, -0.05) is 31.0 Å². The second kappa shape index (κ2) is 9.70. The first-order valence-corrected chi connectivity index (χ1v) is 9.38. The van der Waals surface area contributed by atoms with Crippen LogP contribution < -0.4 is 20.3 Å². The van der Waals surface area contributed by atoms with Crippen LogP contribution in [0, 0.1) is 0 Å². The molecule has 2 aromatic rings. The largest absolute Gasteiger partial charge is 0.467 e. The molecule has 0 unspecified atom stereocenters. The van der Waals surface area contributed by atoms with Crippen molar-refractivity contribution in [3.05, 3.63) is 35.9 Å². The average molecular weight is 370 g/mol. The Morgan fingerprint density at radius 1 is 1.04 bits per heavy atom. The van der Waals surface area contributed by atoms with Crippen LogP contribution >= 0.6 is 0 Å². The Bertz CT molecular complexity index is 732. The first-order valence-electron chi connectivity index (χ1n) is 9.38. The van der Waals surface area contributed by atoms with E-state index in [0.717, 1.165) is 25.9 Å². The van der Waals surface area contributed by atoms with Crippen molar-refractivity contribution >= 4 is 17.8 Å². The first kappa shape index (κ1) is 18.9. The molecule has 27 heavy (non-hydrogen) atoms. The van der Waals surface area contributed by atoms with Crippen LogP contribution in [-0.2, 0) is 0 Å². The summed E-state index contributed by atoms with van der Waals surface area (Å²) >= 11 is 0. The van der Waals surface area contributed by atoms with E-state index in [4.69, 9.17) is 4.74 Å². The van der Waals surface area contributed by atoms with E-state index >= 15 is 0 Å². The number of aromatic nitrogens is 3. The van der Waals surface area contributed by atoms with Crippen molar-refractivity contribution in [1.82, 2.24) is 20.3 Å². The molecule has 1 fully saturated rings. The average Bonchev–Trinajstić information content (AvgIpc) is 3.01. The molecule has 2 N–H and O–H groups in total. The van der Waals surface area contributed by atoms with Crippen molar-refractivity contribution in [2.75, 3.05) is 43.5 Å². The van der Waals surface area contributed by atoms with Gasteiger partial charge in [0.25, 0.3) is 5.91 Å². The molecule has 0 saturated carbocycles. The number of rotatable bonds is 7. The van der Waals surface area contributed by atoms with E-state index in [-0.39, 0.29) is 5.91 Å². The van der Waals surface area contributed by atoms with Gasteiger partial charge < -0.3 is 20.3 Å². The number of benzene rings is 1. The molecule has 0 bridgehead atoms. The molecule has 1 saturated heterocycles. The maximum absolute atomic E-state index is 12.0. The van der Waals surface area contributed by atoms with Crippen LogP contribution in [-0.4, -0.2) is 54.1 Å². The number of carbonyl (C=O) groups is 1. The van der Waals surface area contributed by atoms with Gasteiger partial charge in [0.05, 0.1) is 7.11 Å². The summed E-state index contributed by atoms with van der Waals surface area (Å²) in [7, 11) is 1.55. The molecule has 1 aromatic carbocycles. The monoisotopic (exact) mass is 370 g/mol. The van der Waals surface area contributed by atoms with E-state index in [0.29, 0.717) is 36.6 Å². The van der Waals surface area contributed by atoms with E-state index in [1.807, 2.05) is 18.2 Å². The quantitative estimate of drug-likeness (QED) is 0.721. The fraction of sp³-hybridized carbons (Fsp3) is 0.474. The summed E-state index contributed by atoms with van der Waals surface area (Å²) in [5.74, 6) is 0.991.